The lowest BCUT2D eigenvalue weighted by Gasteiger charge is -2.11. The molecule has 0 saturated carbocycles. The number of hydrogen-bond acceptors (Lipinski definition) is 4. The second-order valence-corrected chi connectivity index (χ2v) is 5.89. The number of hydrazone groups is 1. The van der Waals surface area contributed by atoms with Gasteiger partial charge >= 0.3 is 0 Å². The highest BCUT2D eigenvalue weighted by atomic mass is 32.1. The molecule has 25 heavy (non-hydrogen) atoms. The molecule has 0 aliphatic heterocycles. The normalized spacial score (nSPS) is 10.6. The van der Waals surface area contributed by atoms with Gasteiger partial charge in [0.1, 0.15) is 0 Å². The van der Waals surface area contributed by atoms with Crippen LogP contribution in [0.1, 0.15) is 23.6 Å². The first-order valence-electron chi connectivity index (χ1n) is 8.01. The zero-order chi connectivity index (χ0) is 18.2. The first-order chi connectivity index (χ1) is 12.0. The second kappa shape index (κ2) is 9.03. The summed E-state index contributed by atoms with van der Waals surface area (Å²) in [5.74, 6) is 1.38. The molecule has 0 aliphatic carbocycles. The summed E-state index contributed by atoms with van der Waals surface area (Å²) in [6.45, 7) is 6.61. The van der Waals surface area contributed by atoms with E-state index in [9.17, 15) is 0 Å². The molecule has 0 aromatic heterocycles. The smallest absolute Gasteiger partial charge is 0.191 e. The Balaban J connectivity index is 1.97. The highest BCUT2D eigenvalue weighted by Crippen LogP contribution is 2.27. The molecule has 0 bridgehead atoms. The number of aryl methyl sites for hydroxylation is 2. The van der Waals surface area contributed by atoms with E-state index in [4.69, 9.17) is 21.7 Å². The van der Waals surface area contributed by atoms with E-state index >= 15 is 0 Å². The molecular weight excluding hydrogens is 334 g/mol. The van der Waals surface area contributed by atoms with E-state index in [0.29, 0.717) is 23.2 Å². The Morgan fingerprint density at radius 1 is 1.16 bits per heavy atom. The average Bonchev–Trinajstić information content (AvgIpc) is 2.59. The van der Waals surface area contributed by atoms with Crippen LogP contribution in [0.4, 0.5) is 5.69 Å². The third-order valence-corrected chi connectivity index (χ3v) is 3.69. The summed E-state index contributed by atoms with van der Waals surface area (Å²) in [6, 6.07) is 11.7. The monoisotopic (exact) mass is 357 g/mol. The lowest BCUT2D eigenvalue weighted by atomic mass is 10.1. The van der Waals surface area contributed by atoms with E-state index in [-0.39, 0.29) is 0 Å². The van der Waals surface area contributed by atoms with Gasteiger partial charge in [-0.25, -0.2) is 0 Å². The molecular formula is C19H23N3O2S. The molecule has 5 nitrogen and oxygen atoms in total. The molecule has 0 spiro atoms. The summed E-state index contributed by atoms with van der Waals surface area (Å²) >= 11 is 5.27. The molecule has 2 aromatic carbocycles. The van der Waals surface area contributed by atoms with Crippen LogP contribution in [0.5, 0.6) is 11.5 Å². The Kier molecular flexibility index (Phi) is 6.77. The summed E-state index contributed by atoms with van der Waals surface area (Å²) < 4.78 is 10.8. The quantitative estimate of drug-likeness (QED) is 0.464. The molecule has 2 N–H and O–H groups in total. The fraction of sp³-hybridized carbons (Fsp3) is 0.263. The predicted octanol–water partition coefficient (Wildman–Crippen LogP) is 4.03. The third kappa shape index (κ3) is 5.46. The van der Waals surface area contributed by atoms with Crippen LogP contribution in [0, 0.1) is 13.8 Å². The number of thiocarbonyl (C=S) groups is 1. The Labute approximate surface area is 154 Å². The first kappa shape index (κ1) is 18.7. The van der Waals surface area contributed by atoms with Crippen molar-refractivity contribution in [2.45, 2.75) is 20.8 Å². The second-order valence-electron chi connectivity index (χ2n) is 5.49. The summed E-state index contributed by atoms with van der Waals surface area (Å²) in [7, 11) is 1.61. The van der Waals surface area contributed by atoms with Crippen LogP contribution in [-0.2, 0) is 0 Å². The van der Waals surface area contributed by atoms with Crippen LogP contribution < -0.4 is 20.2 Å². The van der Waals surface area contributed by atoms with E-state index in [1.807, 2.05) is 44.2 Å². The van der Waals surface area contributed by atoms with E-state index < -0.39 is 0 Å². The number of nitrogens with zero attached hydrogens (tertiary/aromatic N) is 1. The van der Waals surface area contributed by atoms with Crippen molar-refractivity contribution in [3.05, 3.63) is 53.1 Å². The van der Waals surface area contributed by atoms with E-state index in [2.05, 4.69) is 28.8 Å². The maximum Gasteiger partial charge on any atom is 0.191 e. The van der Waals surface area contributed by atoms with Crippen molar-refractivity contribution >= 4 is 29.2 Å². The van der Waals surface area contributed by atoms with Gasteiger partial charge in [0.25, 0.3) is 0 Å². The average molecular weight is 357 g/mol. The van der Waals surface area contributed by atoms with Gasteiger partial charge in [-0.05, 0) is 68.4 Å². The third-order valence-electron chi connectivity index (χ3n) is 3.50. The van der Waals surface area contributed by atoms with Crippen LogP contribution in [-0.4, -0.2) is 25.0 Å². The molecule has 2 rings (SSSR count). The van der Waals surface area contributed by atoms with Gasteiger partial charge in [-0.3, -0.25) is 5.43 Å². The van der Waals surface area contributed by atoms with Crippen molar-refractivity contribution in [3.8, 4) is 11.5 Å². The minimum atomic E-state index is 0.432. The molecule has 0 unspecified atom stereocenters. The Hall–Kier alpha value is -2.60. The number of benzene rings is 2. The number of hydrogen-bond donors (Lipinski definition) is 2. The van der Waals surface area contributed by atoms with Gasteiger partial charge in [-0.2, -0.15) is 5.10 Å². The van der Waals surface area contributed by atoms with Crippen LogP contribution >= 0.6 is 12.2 Å². The zero-order valence-corrected chi connectivity index (χ0v) is 15.7. The van der Waals surface area contributed by atoms with Crippen LogP contribution in [0.25, 0.3) is 0 Å². The molecule has 132 valence electrons. The van der Waals surface area contributed by atoms with Gasteiger partial charge in [0, 0.05) is 5.69 Å². The van der Waals surface area contributed by atoms with Crippen molar-refractivity contribution in [2.24, 2.45) is 5.10 Å². The molecule has 0 heterocycles. The van der Waals surface area contributed by atoms with Crippen LogP contribution in [0.2, 0.25) is 0 Å². The number of rotatable bonds is 6. The molecule has 0 saturated heterocycles. The topological polar surface area (TPSA) is 54.9 Å². The number of methoxy groups -OCH3 is 1. The minimum absolute atomic E-state index is 0.432. The van der Waals surface area contributed by atoms with Gasteiger partial charge < -0.3 is 14.8 Å². The fourth-order valence-corrected chi connectivity index (χ4v) is 2.47. The number of anilines is 1. The minimum Gasteiger partial charge on any atom is -0.493 e. The molecule has 0 fully saturated rings. The number of ether oxygens (including phenoxy) is 2. The van der Waals surface area contributed by atoms with Gasteiger partial charge in [-0.15, -0.1) is 0 Å². The van der Waals surface area contributed by atoms with Crippen molar-refractivity contribution in [2.75, 3.05) is 19.0 Å². The Bertz CT molecular complexity index is 775. The fourth-order valence-electron chi connectivity index (χ4n) is 2.31. The van der Waals surface area contributed by atoms with E-state index in [0.717, 1.165) is 16.8 Å². The highest BCUT2D eigenvalue weighted by molar-refractivity contribution is 7.80. The van der Waals surface area contributed by atoms with Crippen LogP contribution in [0.15, 0.2) is 41.5 Å². The van der Waals surface area contributed by atoms with Crippen molar-refractivity contribution in [3.63, 3.8) is 0 Å². The summed E-state index contributed by atoms with van der Waals surface area (Å²) in [5, 5.41) is 7.73. The largest absolute Gasteiger partial charge is 0.493 e. The molecule has 0 aliphatic rings. The molecule has 2 aromatic rings. The highest BCUT2D eigenvalue weighted by Gasteiger charge is 2.04. The predicted molar refractivity (Wildman–Crippen MR) is 107 cm³/mol. The Morgan fingerprint density at radius 2 is 1.96 bits per heavy atom. The summed E-state index contributed by atoms with van der Waals surface area (Å²) in [5.41, 5.74) is 6.99. The lowest BCUT2D eigenvalue weighted by molar-refractivity contribution is 0.311. The van der Waals surface area contributed by atoms with Gasteiger partial charge in [0.2, 0.25) is 0 Å². The maximum absolute atomic E-state index is 5.50. The van der Waals surface area contributed by atoms with E-state index in [1.54, 1.807) is 13.3 Å². The van der Waals surface area contributed by atoms with Gasteiger partial charge in [-0.1, -0.05) is 17.7 Å². The summed E-state index contributed by atoms with van der Waals surface area (Å²) in [6.07, 6.45) is 1.67. The van der Waals surface area contributed by atoms with E-state index in [1.165, 1.54) is 5.56 Å². The molecule has 0 radical (unpaired) electrons. The van der Waals surface area contributed by atoms with Gasteiger partial charge in [0.05, 0.1) is 19.9 Å². The molecule has 0 amide bonds. The van der Waals surface area contributed by atoms with Gasteiger partial charge in [0.15, 0.2) is 16.6 Å². The first-order valence-corrected chi connectivity index (χ1v) is 8.42. The molecule has 6 heteroatoms. The SMILES string of the molecule is CCOc1ccc(C=NNC(=S)Nc2ccc(C)cc2C)cc1OC. The summed E-state index contributed by atoms with van der Waals surface area (Å²) in [4.78, 5) is 0. The van der Waals surface area contributed by atoms with Crippen molar-refractivity contribution in [1.82, 2.24) is 5.43 Å². The lowest BCUT2D eigenvalue weighted by Crippen LogP contribution is -2.24. The number of nitrogens with one attached hydrogen (secondary N) is 2. The van der Waals surface area contributed by atoms with Crippen molar-refractivity contribution < 1.29 is 9.47 Å². The maximum atomic E-state index is 5.50. The van der Waals surface area contributed by atoms with Crippen molar-refractivity contribution in [1.29, 1.82) is 0 Å². The Morgan fingerprint density at radius 3 is 2.64 bits per heavy atom. The standard InChI is InChI=1S/C19H23N3O2S/c1-5-24-17-9-7-15(11-18(17)23-4)12-20-22-19(25)21-16-8-6-13(2)10-14(16)3/h6-12H,5H2,1-4H3,(H2,21,22,25). The zero-order valence-electron chi connectivity index (χ0n) is 14.9. The molecule has 0 atom stereocenters. The van der Waals surface area contributed by atoms with Crippen LogP contribution in [0.3, 0.4) is 0 Å².